The van der Waals surface area contributed by atoms with Gasteiger partial charge in [0.1, 0.15) is 5.75 Å². The number of nitrogens with one attached hydrogen (secondary N) is 2. The van der Waals surface area contributed by atoms with Gasteiger partial charge in [-0.3, -0.25) is 0 Å². The van der Waals surface area contributed by atoms with Crippen molar-refractivity contribution >= 4 is 16.5 Å². The molecule has 0 aliphatic carbocycles. The molecule has 3 heteroatoms. The van der Waals surface area contributed by atoms with Crippen LogP contribution in [0.15, 0.2) is 60.7 Å². The van der Waals surface area contributed by atoms with Crippen molar-refractivity contribution in [2.45, 2.75) is 37.6 Å². The number of hydrogen-bond donors (Lipinski definition) is 2. The summed E-state index contributed by atoms with van der Waals surface area (Å²) in [7, 11) is 0. The summed E-state index contributed by atoms with van der Waals surface area (Å²) < 4.78 is 6.06. The summed E-state index contributed by atoms with van der Waals surface area (Å²) in [5.74, 6) is 1.62. The molecule has 0 bridgehead atoms. The number of benzene rings is 3. The second-order valence-corrected chi connectivity index (χ2v) is 8.02. The zero-order valence-electron chi connectivity index (χ0n) is 16.3. The van der Waals surface area contributed by atoms with E-state index in [-0.39, 0.29) is 0 Å². The Morgan fingerprint density at radius 3 is 2.75 bits per heavy atom. The van der Waals surface area contributed by atoms with Crippen molar-refractivity contribution in [2.24, 2.45) is 0 Å². The second kappa shape index (κ2) is 7.84. The van der Waals surface area contributed by atoms with Crippen LogP contribution in [-0.2, 0) is 6.42 Å². The van der Waals surface area contributed by atoms with Gasteiger partial charge in [0.2, 0.25) is 0 Å². The molecule has 0 spiro atoms. The van der Waals surface area contributed by atoms with Crippen LogP contribution in [0.3, 0.4) is 0 Å². The van der Waals surface area contributed by atoms with E-state index in [1.165, 1.54) is 34.9 Å². The minimum Gasteiger partial charge on any atom is -0.494 e. The zero-order valence-corrected chi connectivity index (χ0v) is 16.3. The first kappa shape index (κ1) is 17.6. The van der Waals surface area contributed by atoms with Crippen molar-refractivity contribution in [3.63, 3.8) is 0 Å². The van der Waals surface area contributed by atoms with Crippen LogP contribution in [0.2, 0.25) is 0 Å². The van der Waals surface area contributed by atoms with E-state index in [4.69, 9.17) is 4.74 Å². The molecule has 3 nitrogen and oxygen atoms in total. The summed E-state index contributed by atoms with van der Waals surface area (Å²) in [4.78, 5) is 0. The van der Waals surface area contributed by atoms with Gasteiger partial charge in [-0.1, -0.05) is 42.5 Å². The van der Waals surface area contributed by atoms with E-state index in [1.807, 2.05) is 0 Å². The van der Waals surface area contributed by atoms with Crippen LogP contribution >= 0.6 is 0 Å². The van der Waals surface area contributed by atoms with Crippen molar-refractivity contribution in [1.29, 1.82) is 0 Å². The van der Waals surface area contributed by atoms with E-state index in [1.54, 1.807) is 5.56 Å². The van der Waals surface area contributed by atoms with Crippen LogP contribution < -0.4 is 15.4 Å². The number of aryl methyl sites for hydroxylation is 1. The normalized spacial score (nSPS) is 20.9. The van der Waals surface area contributed by atoms with Gasteiger partial charge in [-0.05, 0) is 78.9 Å². The molecular weight excluding hydrogens is 344 g/mol. The molecule has 0 amide bonds. The Hall–Kier alpha value is -2.52. The Morgan fingerprint density at radius 2 is 1.79 bits per heavy atom. The van der Waals surface area contributed by atoms with Gasteiger partial charge in [-0.2, -0.15) is 0 Å². The Balaban J connectivity index is 1.23. The van der Waals surface area contributed by atoms with Gasteiger partial charge in [0.15, 0.2) is 0 Å². The van der Waals surface area contributed by atoms with Gasteiger partial charge >= 0.3 is 0 Å². The largest absolute Gasteiger partial charge is 0.494 e. The fraction of sp³-hybridized carbons (Fsp3) is 0.360. The maximum absolute atomic E-state index is 6.06. The first-order valence-corrected chi connectivity index (χ1v) is 10.6. The van der Waals surface area contributed by atoms with Gasteiger partial charge < -0.3 is 15.4 Å². The lowest BCUT2D eigenvalue weighted by molar-refractivity contribution is 0.311. The molecule has 144 valence electrons. The summed E-state index contributed by atoms with van der Waals surface area (Å²) >= 11 is 0. The van der Waals surface area contributed by atoms with Crippen molar-refractivity contribution < 1.29 is 4.74 Å². The molecule has 2 aliphatic heterocycles. The molecule has 2 N–H and O–H groups in total. The summed E-state index contributed by atoms with van der Waals surface area (Å²) in [5, 5.41) is 9.82. The summed E-state index contributed by atoms with van der Waals surface area (Å²) in [6.45, 7) is 3.00. The average Bonchev–Trinajstić information content (AvgIpc) is 2.93. The van der Waals surface area contributed by atoms with Crippen LogP contribution in [0.5, 0.6) is 5.75 Å². The maximum atomic E-state index is 6.06. The van der Waals surface area contributed by atoms with E-state index >= 15 is 0 Å². The molecule has 5 rings (SSSR count). The minimum absolute atomic E-state index is 0.597. The number of hydrogen-bond acceptors (Lipinski definition) is 3. The molecule has 1 fully saturated rings. The van der Waals surface area contributed by atoms with E-state index in [2.05, 4.69) is 71.3 Å². The van der Waals surface area contributed by atoms with Crippen LogP contribution in [-0.4, -0.2) is 25.7 Å². The Labute approximate surface area is 167 Å². The molecule has 28 heavy (non-hydrogen) atoms. The molecule has 2 aliphatic rings. The van der Waals surface area contributed by atoms with Crippen LogP contribution in [0.1, 0.15) is 36.3 Å². The third-order valence-corrected chi connectivity index (χ3v) is 6.24. The van der Waals surface area contributed by atoms with Gasteiger partial charge in [-0.25, -0.2) is 0 Å². The second-order valence-electron chi connectivity index (χ2n) is 8.02. The van der Waals surface area contributed by atoms with Gasteiger partial charge in [0.25, 0.3) is 0 Å². The monoisotopic (exact) mass is 372 g/mol. The smallest absolute Gasteiger partial charge is 0.119 e. The van der Waals surface area contributed by atoms with E-state index in [0.717, 1.165) is 38.3 Å². The summed E-state index contributed by atoms with van der Waals surface area (Å²) in [6.07, 6.45) is 4.56. The SMILES string of the molecule is c1cc(CCCOc2ccc3ccccc3c2)c2c(c1)NC1CCNCCC21. The lowest BCUT2D eigenvalue weighted by Gasteiger charge is -2.18. The molecule has 0 aromatic heterocycles. The van der Waals surface area contributed by atoms with Crippen LogP contribution in [0.25, 0.3) is 10.8 Å². The van der Waals surface area contributed by atoms with E-state index in [0.29, 0.717) is 12.0 Å². The fourth-order valence-electron chi connectivity index (χ4n) is 4.87. The summed E-state index contributed by atoms with van der Waals surface area (Å²) in [5.41, 5.74) is 4.44. The standard InChI is InChI=1S/C25H28N2O/c1-2-6-20-17-21(11-10-18(20)5-1)28-16-4-8-19-7-3-9-24-25(19)22-12-14-26-15-13-23(22)27-24/h1-3,5-7,9-11,17,22-23,26-27H,4,8,12-16H2. The quantitative estimate of drug-likeness (QED) is 0.611. The topological polar surface area (TPSA) is 33.3 Å². The maximum Gasteiger partial charge on any atom is 0.119 e. The zero-order chi connectivity index (χ0) is 18.8. The molecule has 3 aromatic carbocycles. The molecule has 1 saturated heterocycles. The average molecular weight is 373 g/mol. The number of anilines is 1. The molecular formula is C25H28N2O. The molecule has 2 unspecified atom stereocenters. The van der Waals surface area contributed by atoms with E-state index in [9.17, 15) is 0 Å². The Kier molecular flexibility index (Phi) is 4.92. The first-order chi connectivity index (χ1) is 13.9. The number of rotatable bonds is 5. The lowest BCUT2D eigenvalue weighted by atomic mass is 9.87. The molecule has 2 heterocycles. The molecule has 0 saturated carbocycles. The van der Waals surface area contributed by atoms with Crippen molar-refractivity contribution in [2.75, 3.05) is 25.0 Å². The molecule has 0 radical (unpaired) electrons. The Bertz CT molecular complexity index is 968. The number of ether oxygens (including phenoxy) is 1. The van der Waals surface area contributed by atoms with Crippen molar-refractivity contribution in [3.05, 3.63) is 71.8 Å². The number of fused-ring (bicyclic) bond motifs is 4. The highest BCUT2D eigenvalue weighted by Crippen LogP contribution is 2.42. The highest BCUT2D eigenvalue weighted by atomic mass is 16.5. The first-order valence-electron chi connectivity index (χ1n) is 10.6. The fourth-order valence-corrected chi connectivity index (χ4v) is 4.87. The van der Waals surface area contributed by atoms with Gasteiger partial charge in [0, 0.05) is 17.6 Å². The highest BCUT2D eigenvalue weighted by Gasteiger charge is 2.34. The van der Waals surface area contributed by atoms with E-state index < -0.39 is 0 Å². The highest BCUT2D eigenvalue weighted by molar-refractivity contribution is 5.83. The van der Waals surface area contributed by atoms with Crippen molar-refractivity contribution in [1.82, 2.24) is 5.32 Å². The van der Waals surface area contributed by atoms with Gasteiger partial charge in [0.05, 0.1) is 6.61 Å². The molecule has 2 atom stereocenters. The van der Waals surface area contributed by atoms with Crippen LogP contribution in [0, 0.1) is 0 Å². The predicted molar refractivity (Wildman–Crippen MR) is 116 cm³/mol. The predicted octanol–water partition coefficient (Wildman–Crippen LogP) is 5.11. The van der Waals surface area contributed by atoms with Gasteiger partial charge in [-0.15, -0.1) is 0 Å². The third-order valence-electron chi connectivity index (χ3n) is 6.24. The Morgan fingerprint density at radius 1 is 0.893 bits per heavy atom. The minimum atomic E-state index is 0.597. The third kappa shape index (κ3) is 3.47. The van der Waals surface area contributed by atoms with Crippen LogP contribution in [0.4, 0.5) is 5.69 Å². The van der Waals surface area contributed by atoms with Crippen molar-refractivity contribution in [3.8, 4) is 5.75 Å². The summed E-state index contributed by atoms with van der Waals surface area (Å²) in [6, 6.07) is 22.2. The molecule has 3 aromatic rings. The lowest BCUT2D eigenvalue weighted by Crippen LogP contribution is -2.21.